The molecular formula is C11H15BrN2OS. The number of anilines is 1. The maximum absolute atomic E-state index is 5.36. The highest BCUT2D eigenvalue weighted by molar-refractivity contribution is 9.10. The van der Waals surface area contributed by atoms with Gasteiger partial charge in [0.15, 0.2) is 0 Å². The zero-order valence-electron chi connectivity index (χ0n) is 9.20. The van der Waals surface area contributed by atoms with Gasteiger partial charge in [-0.25, -0.2) is 0 Å². The van der Waals surface area contributed by atoms with Crippen molar-refractivity contribution in [1.82, 2.24) is 4.72 Å². The van der Waals surface area contributed by atoms with Crippen molar-refractivity contribution in [3.63, 3.8) is 0 Å². The summed E-state index contributed by atoms with van der Waals surface area (Å²) in [5, 5.41) is 0. The molecular weight excluding hydrogens is 288 g/mol. The Balaban J connectivity index is 2.18. The van der Waals surface area contributed by atoms with E-state index in [9.17, 15) is 0 Å². The van der Waals surface area contributed by atoms with Crippen molar-refractivity contribution in [2.24, 2.45) is 0 Å². The first-order valence-corrected chi connectivity index (χ1v) is 6.87. The van der Waals surface area contributed by atoms with Crippen LogP contribution in [0.2, 0.25) is 0 Å². The number of hydrogen-bond acceptors (Lipinski definition) is 4. The zero-order valence-corrected chi connectivity index (χ0v) is 11.6. The van der Waals surface area contributed by atoms with E-state index in [2.05, 4.69) is 43.8 Å². The monoisotopic (exact) mass is 302 g/mol. The number of halogens is 1. The summed E-state index contributed by atoms with van der Waals surface area (Å²) < 4.78 is 9.57. The Kier molecular flexibility index (Phi) is 4.52. The topological polar surface area (TPSA) is 24.5 Å². The molecule has 0 spiro atoms. The second-order valence-corrected chi connectivity index (χ2v) is 5.55. The predicted octanol–water partition coefficient (Wildman–Crippen LogP) is 2.51. The highest BCUT2D eigenvalue weighted by Gasteiger charge is 2.12. The van der Waals surface area contributed by atoms with Crippen molar-refractivity contribution in [3.05, 3.63) is 22.7 Å². The molecule has 1 saturated heterocycles. The van der Waals surface area contributed by atoms with Crippen LogP contribution >= 0.6 is 27.9 Å². The van der Waals surface area contributed by atoms with Gasteiger partial charge in [0.1, 0.15) is 0 Å². The lowest BCUT2D eigenvalue weighted by atomic mass is 10.2. The van der Waals surface area contributed by atoms with Crippen LogP contribution in [0.5, 0.6) is 0 Å². The summed E-state index contributed by atoms with van der Waals surface area (Å²) in [6.07, 6.45) is 0. The van der Waals surface area contributed by atoms with Gasteiger partial charge in [-0.05, 0) is 37.2 Å². The molecule has 0 unspecified atom stereocenters. The van der Waals surface area contributed by atoms with Crippen LogP contribution in [0, 0.1) is 0 Å². The average Bonchev–Trinajstić information content (AvgIpc) is 2.30. The predicted molar refractivity (Wildman–Crippen MR) is 72.1 cm³/mol. The highest BCUT2D eigenvalue weighted by Crippen LogP contribution is 2.27. The largest absolute Gasteiger partial charge is 0.378 e. The van der Waals surface area contributed by atoms with Gasteiger partial charge < -0.3 is 9.64 Å². The van der Waals surface area contributed by atoms with Crippen LogP contribution < -0.4 is 9.62 Å². The smallest absolute Gasteiger partial charge is 0.0642 e. The van der Waals surface area contributed by atoms with E-state index in [1.807, 2.05) is 7.05 Å². The van der Waals surface area contributed by atoms with Crippen LogP contribution in [0.1, 0.15) is 0 Å². The second-order valence-electron chi connectivity index (χ2n) is 3.55. The van der Waals surface area contributed by atoms with Crippen LogP contribution in [0.3, 0.4) is 0 Å². The standard InChI is InChI=1S/C11H15BrN2OS/c1-13-16-11-7-9(12)6-10(8-11)14-2-4-15-5-3-14/h6-8,13H,2-5H2,1H3. The first kappa shape index (κ1) is 12.2. The number of ether oxygens (including phenoxy) is 1. The quantitative estimate of drug-likeness (QED) is 0.867. The number of hydrogen-bond donors (Lipinski definition) is 1. The number of rotatable bonds is 3. The van der Waals surface area contributed by atoms with Crippen molar-refractivity contribution in [1.29, 1.82) is 0 Å². The Morgan fingerprint density at radius 3 is 2.75 bits per heavy atom. The van der Waals surface area contributed by atoms with Gasteiger partial charge in [0.25, 0.3) is 0 Å². The number of nitrogens with one attached hydrogen (secondary N) is 1. The molecule has 0 aromatic heterocycles. The normalized spacial score (nSPS) is 16.5. The van der Waals surface area contributed by atoms with E-state index in [0.717, 1.165) is 30.8 Å². The van der Waals surface area contributed by atoms with Gasteiger partial charge in [0.2, 0.25) is 0 Å². The zero-order chi connectivity index (χ0) is 11.4. The highest BCUT2D eigenvalue weighted by atomic mass is 79.9. The van der Waals surface area contributed by atoms with Crippen molar-refractivity contribution < 1.29 is 4.74 Å². The van der Waals surface area contributed by atoms with E-state index in [1.54, 1.807) is 11.9 Å². The molecule has 1 aromatic carbocycles. The maximum atomic E-state index is 5.36. The summed E-state index contributed by atoms with van der Waals surface area (Å²) in [7, 11) is 1.93. The molecule has 5 heteroatoms. The minimum Gasteiger partial charge on any atom is -0.378 e. The van der Waals surface area contributed by atoms with Crippen LogP contribution in [0.4, 0.5) is 5.69 Å². The lowest BCUT2D eigenvalue weighted by Gasteiger charge is -2.29. The van der Waals surface area contributed by atoms with Crippen LogP contribution in [0.25, 0.3) is 0 Å². The van der Waals surface area contributed by atoms with Crippen molar-refractivity contribution in [3.8, 4) is 0 Å². The van der Waals surface area contributed by atoms with E-state index < -0.39 is 0 Å². The molecule has 0 amide bonds. The van der Waals surface area contributed by atoms with Gasteiger partial charge in [-0.15, -0.1) is 0 Å². The molecule has 1 fully saturated rings. The molecule has 1 aliphatic rings. The van der Waals surface area contributed by atoms with Crippen LogP contribution in [0.15, 0.2) is 27.6 Å². The third kappa shape index (κ3) is 3.13. The molecule has 16 heavy (non-hydrogen) atoms. The van der Waals surface area contributed by atoms with Crippen molar-refractivity contribution >= 4 is 33.6 Å². The van der Waals surface area contributed by atoms with Gasteiger partial charge in [-0.2, -0.15) is 0 Å². The first-order chi connectivity index (χ1) is 7.79. The summed E-state index contributed by atoms with van der Waals surface area (Å²) in [5.41, 5.74) is 1.26. The molecule has 0 aliphatic carbocycles. The number of benzene rings is 1. The lowest BCUT2D eigenvalue weighted by Crippen LogP contribution is -2.36. The third-order valence-corrected chi connectivity index (χ3v) is 3.59. The Hall–Kier alpha value is -0.230. The number of nitrogens with zero attached hydrogens (tertiary/aromatic N) is 1. The summed E-state index contributed by atoms with van der Waals surface area (Å²) >= 11 is 5.18. The maximum Gasteiger partial charge on any atom is 0.0642 e. The fraction of sp³-hybridized carbons (Fsp3) is 0.455. The van der Waals surface area contributed by atoms with E-state index >= 15 is 0 Å². The van der Waals surface area contributed by atoms with Crippen LogP contribution in [-0.2, 0) is 4.74 Å². The van der Waals surface area contributed by atoms with E-state index in [4.69, 9.17) is 4.74 Å². The minimum absolute atomic E-state index is 0.820. The molecule has 1 aliphatic heterocycles. The molecule has 1 heterocycles. The summed E-state index contributed by atoms with van der Waals surface area (Å²) in [6.45, 7) is 3.59. The fourth-order valence-corrected chi connectivity index (χ4v) is 2.96. The molecule has 0 bridgehead atoms. The molecule has 1 aromatic rings. The Labute approximate surface area is 109 Å². The van der Waals surface area contributed by atoms with Crippen molar-refractivity contribution in [2.75, 3.05) is 38.3 Å². The summed E-state index contributed by atoms with van der Waals surface area (Å²) in [4.78, 5) is 3.58. The second kappa shape index (κ2) is 5.91. The van der Waals surface area contributed by atoms with E-state index in [1.165, 1.54) is 10.6 Å². The summed E-state index contributed by atoms with van der Waals surface area (Å²) in [6, 6.07) is 6.48. The first-order valence-electron chi connectivity index (χ1n) is 5.26. The summed E-state index contributed by atoms with van der Waals surface area (Å²) in [5.74, 6) is 0. The molecule has 3 nitrogen and oxygen atoms in total. The van der Waals surface area contributed by atoms with Crippen molar-refractivity contribution in [2.45, 2.75) is 4.90 Å². The van der Waals surface area contributed by atoms with E-state index in [-0.39, 0.29) is 0 Å². The SMILES string of the molecule is CNSc1cc(Br)cc(N2CCOCC2)c1. The lowest BCUT2D eigenvalue weighted by molar-refractivity contribution is 0.122. The van der Waals surface area contributed by atoms with Gasteiger partial charge in [-0.1, -0.05) is 15.9 Å². The van der Waals surface area contributed by atoms with Crippen LogP contribution in [-0.4, -0.2) is 33.4 Å². The Morgan fingerprint density at radius 1 is 1.31 bits per heavy atom. The Bertz CT molecular complexity index is 356. The molecule has 2 rings (SSSR count). The van der Waals surface area contributed by atoms with Gasteiger partial charge in [-0.3, -0.25) is 4.72 Å². The minimum atomic E-state index is 0.820. The molecule has 0 radical (unpaired) electrons. The third-order valence-electron chi connectivity index (χ3n) is 2.45. The molecule has 88 valence electrons. The fourth-order valence-electron chi connectivity index (χ4n) is 1.73. The Morgan fingerprint density at radius 2 is 2.06 bits per heavy atom. The molecule has 0 atom stereocenters. The van der Waals surface area contributed by atoms with Gasteiger partial charge in [0.05, 0.1) is 13.2 Å². The van der Waals surface area contributed by atoms with Gasteiger partial charge in [0, 0.05) is 28.1 Å². The molecule has 1 N–H and O–H groups in total. The van der Waals surface area contributed by atoms with Gasteiger partial charge >= 0.3 is 0 Å². The number of morpholine rings is 1. The average molecular weight is 303 g/mol. The molecule has 0 saturated carbocycles. The van der Waals surface area contributed by atoms with E-state index in [0.29, 0.717) is 0 Å².